The van der Waals surface area contributed by atoms with E-state index in [0.717, 1.165) is 11.3 Å². The van der Waals surface area contributed by atoms with Crippen molar-refractivity contribution >= 4 is 29.1 Å². The molecule has 34 heavy (non-hydrogen) atoms. The third-order valence-electron chi connectivity index (χ3n) is 5.62. The highest BCUT2D eigenvalue weighted by atomic mass is 35.5. The molecule has 10 nitrogen and oxygen atoms in total. The molecule has 0 aliphatic heterocycles. The zero-order valence-electron chi connectivity index (χ0n) is 17.4. The number of nitrogens with one attached hydrogen (secondary N) is 1. The van der Waals surface area contributed by atoms with Gasteiger partial charge in [-0.25, -0.2) is 4.79 Å². The lowest BCUT2D eigenvalue weighted by atomic mass is 10.0. The van der Waals surface area contributed by atoms with Gasteiger partial charge in [0.2, 0.25) is 11.8 Å². The Bertz CT molecular complexity index is 1420. The van der Waals surface area contributed by atoms with Crippen LogP contribution in [0.15, 0.2) is 59.1 Å². The number of nitro groups is 1. The van der Waals surface area contributed by atoms with Gasteiger partial charge in [-0.15, -0.1) is 10.2 Å². The third-order valence-corrected chi connectivity index (χ3v) is 5.86. The van der Waals surface area contributed by atoms with Gasteiger partial charge < -0.3 is 9.52 Å². The average molecular weight is 478 g/mol. The van der Waals surface area contributed by atoms with Crippen LogP contribution in [0, 0.1) is 10.1 Å². The van der Waals surface area contributed by atoms with Crippen molar-refractivity contribution in [2.45, 2.75) is 18.8 Å². The second-order valence-corrected chi connectivity index (χ2v) is 8.17. The number of nitrogens with zero attached hydrogens (tertiary/aromatic N) is 4. The number of benzene rings is 2. The number of pyridine rings is 1. The van der Waals surface area contributed by atoms with Gasteiger partial charge in [0.15, 0.2) is 0 Å². The topological polar surface area (TPSA) is 144 Å². The molecule has 11 heteroatoms. The molecule has 5 rings (SSSR count). The van der Waals surface area contributed by atoms with E-state index in [1.807, 2.05) is 6.07 Å². The largest absolute Gasteiger partial charge is 0.465 e. The van der Waals surface area contributed by atoms with Crippen LogP contribution in [0.2, 0.25) is 5.02 Å². The fourth-order valence-electron chi connectivity index (χ4n) is 4.07. The number of fused-ring (bicyclic) bond motifs is 1. The van der Waals surface area contributed by atoms with Gasteiger partial charge in [-0.05, 0) is 60.9 Å². The predicted molar refractivity (Wildman–Crippen MR) is 123 cm³/mol. The lowest BCUT2D eigenvalue weighted by Crippen LogP contribution is -2.06. The number of aromatic nitrogens is 3. The zero-order chi connectivity index (χ0) is 23.8. The first-order chi connectivity index (χ1) is 16.4. The number of hydrogen-bond acceptors (Lipinski definition) is 7. The summed E-state index contributed by atoms with van der Waals surface area (Å²) in [5.41, 5.74) is 3.84. The van der Waals surface area contributed by atoms with Crippen LogP contribution in [-0.4, -0.2) is 31.3 Å². The van der Waals surface area contributed by atoms with Crippen molar-refractivity contribution in [3.8, 4) is 22.6 Å². The van der Waals surface area contributed by atoms with Crippen LogP contribution in [0.25, 0.3) is 22.6 Å². The van der Waals surface area contributed by atoms with E-state index in [2.05, 4.69) is 20.5 Å². The van der Waals surface area contributed by atoms with Gasteiger partial charge in [0.25, 0.3) is 5.69 Å². The molecule has 0 radical (unpaired) electrons. The van der Waals surface area contributed by atoms with Crippen molar-refractivity contribution in [1.82, 2.24) is 15.2 Å². The maximum absolute atomic E-state index is 11.4. The number of amides is 1. The predicted octanol–water partition coefficient (Wildman–Crippen LogP) is 5.53. The first-order valence-electron chi connectivity index (χ1n) is 10.3. The van der Waals surface area contributed by atoms with Gasteiger partial charge in [0, 0.05) is 34.1 Å². The van der Waals surface area contributed by atoms with Crippen molar-refractivity contribution in [1.29, 1.82) is 0 Å². The molecule has 2 aromatic heterocycles. The molecule has 1 aliphatic rings. The van der Waals surface area contributed by atoms with Gasteiger partial charge in [-0.1, -0.05) is 11.6 Å². The lowest BCUT2D eigenvalue weighted by molar-refractivity contribution is -0.384. The summed E-state index contributed by atoms with van der Waals surface area (Å²) in [5.74, 6) is 0.555. The molecule has 0 spiro atoms. The molecule has 0 fully saturated rings. The standard InChI is InChI=1S/C23H16ClN5O5/c24-15-4-8-19(29(32)33)18(10-15)14-9-13-3-7-17(20(13)25-11-14)22-28-27-21(34-22)12-1-5-16(6-2-12)26-23(30)31/h1-2,4-6,8-11,17,26H,3,7H2,(H,30,31). The van der Waals surface area contributed by atoms with E-state index >= 15 is 0 Å². The molecule has 170 valence electrons. The normalized spacial score (nSPS) is 14.6. The molecule has 1 unspecified atom stereocenters. The van der Waals surface area contributed by atoms with Crippen LogP contribution >= 0.6 is 11.6 Å². The van der Waals surface area contributed by atoms with E-state index in [9.17, 15) is 14.9 Å². The highest BCUT2D eigenvalue weighted by Gasteiger charge is 2.31. The third kappa shape index (κ3) is 4.06. The summed E-state index contributed by atoms with van der Waals surface area (Å²) in [6.45, 7) is 0. The first kappa shape index (κ1) is 21.5. The van der Waals surface area contributed by atoms with Crippen molar-refractivity contribution in [2.75, 3.05) is 5.32 Å². The Morgan fingerprint density at radius 2 is 1.94 bits per heavy atom. The van der Waals surface area contributed by atoms with E-state index < -0.39 is 11.0 Å². The Labute approximate surface area is 197 Å². The summed E-state index contributed by atoms with van der Waals surface area (Å²) in [4.78, 5) is 26.3. The average Bonchev–Trinajstić information content (AvgIpc) is 3.45. The second kappa shape index (κ2) is 8.56. The quantitative estimate of drug-likeness (QED) is 0.282. The SMILES string of the molecule is O=C(O)Nc1ccc(-c2nnc(C3CCc4cc(-c5cc(Cl)ccc5[N+](=O)[O-])cnc43)o2)cc1. The Morgan fingerprint density at radius 3 is 2.68 bits per heavy atom. The van der Waals surface area contributed by atoms with Crippen molar-refractivity contribution in [3.63, 3.8) is 0 Å². The monoisotopic (exact) mass is 477 g/mol. The van der Waals surface area contributed by atoms with E-state index in [0.29, 0.717) is 52.0 Å². The molecule has 2 aromatic carbocycles. The van der Waals surface area contributed by atoms with Crippen LogP contribution in [0.5, 0.6) is 0 Å². The molecule has 1 aliphatic carbocycles. The second-order valence-electron chi connectivity index (χ2n) is 7.73. The van der Waals surface area contributed by atoms with Gasteiger partial charge in [0.1, 0.15) is 0 Å². The number of anilines is 1. The summed E-state index contributed by atoms with van der Waals surface area (Å²) in [7, 11) is 0. The molecule has 2 heterocycles. The summed E-state index contributed by atoms with van der Waals surface area (Å²) < 4.78 is 5.91. The minimum absolute atomic E-state index is 0.0354. The molecule has 0 bridgehead atoms. The van der Waals surface area contributed by atoms with Crippen molar-refractivity contribution < 1.29 is 19.2 Å². The molecule has 1 atom stereocenters. The molecule has 1 amide bonds. The number of hydrogen-bond donors (Lipinski definition) is 2. The van der Waals surface area contributed by atoms with E-state index in [-0.39, 0.29) is 11.6 Å². The Kier molecular flexibility index (Phi) is 5.42. The van der Waals surface area contributed by atoms with Gasteiger partial charge in [-0.3, -0.25) is 20.4 Å². The molecule has 0 saturated heterocycles. The first-order valence-corrected chi connectivity index (χ1v) is 10.6. The lowest BCUT2D eigenvalue weighted by Gasteiger charge is -2.08. The Balaban J connectivity index is 1.41. The highest BCUT2D eigenvalue weighted by molar-refractivity contribution is 6.31. The maximum atomic E-state index is 11.4. The van der Waals surface area contributed by atoms with Crippen LogP contribution in [0.1, 0.15) is 29.5 Å². The van der Waals surface area contributed by atoms with Gasteiger partial charge >= 0.3 is 6.09 Å². The van der Waals surface area contributed by atoms with Crippen LogP contribution in [-0.2, 0) is 6.42 Å². The van der Waals surface area contributed by atoms with Gasteiger partial charge in [0.05, 0.1) is 22.1 Å². The van der Waals surface area contributed by atoms with E-state index in [1.54, 1.807) is 36.5 Å². The number of carboxylic acid groups (broad SMARTS) is 1. The van der Waals surface area contributed by atoms with Gasteiger partial charge in [-0.2, -0.15) is 0 Å². The van der Waals surface area contributed by atoms with Crippen LogP contribution < -0.4 is 5.32 Å². The number of aryl methyl sites for hydroxylation is 1. The number of nitro benzene ring substituents is 1. The summed E-state index contributed by atoms with van der Waals surface area (Å²) >= 11 is 6.08. The van der Waals surface area contributed by atoms with Crippen molar-refractivity contribution in [3.05, 3.63) is 87.0 Å². The fourth-order valence-corrected chi connectivity index (χ4v) is 4.24. The highest BCUT2D eigenvalue weighted by Crippen LogP contribution is 2.40. The molecule has 0 saturated carbocycles. The molecule has 4 aromatic rings. The number of carbonyl (C=O) groups is 1. The number of rotatable bonds is 5. The smallest absolute Gasteiger partial charge is 0.409 e. The Hall–Kier alpha value is -4.31. The van der Waals surface area contributed by atoms with Crippen LogP contribution in [0.4, 0.5) is 16.2 Å². The maximum Gasteiger partial charge on any atom is 0.409 e. The van der Waals surface area contributed by atoms with Crippen molar-refractivity contribution in [2.24, 2.45) is 0 Å². The molecular weight excluding hydrogens is 462 g/mol. The summed E-state index contributed by atoms with van der Waals surface area (Å²) in [6, 6.07) is 12.9. The Morgan fingerprint density at radius 1 is 1.15 bits per heavy atom. The number of halogens is 1. The van der Waals surface area contributed by atoms with E-state index in [1.165, 1.54) is 12.1 Å². The minimum atomic E-state index is -1.15. The van der Waals surface area contributed by atoms with Crippen LogP contribution in [0.3, 0.4) is 0 Å². The van der Waals surface area contributed by atoms with E-state index in [4.69, 9.17) is 21.1 Å². The zero-order valence-corrected chi connectivity index (χ0v) is 18.2. The molecular formula is C23H16ClN5O5. The summed E-state index contributed by atoms with van der Waals surface area (Å²) in [5, 5.41) is 31.3. The molecule has 2 N–H and O–H groups in total. The minimum Gasteiger partial charge on any atom is -0.465 e. The summed E-state index contributed by atoms with van der Waals surface area (Å²) in [6.07, 6.45) is 1.88. The fraction of sp³-hybridized carbons (Fsp3) is 0.130.